The van der Waals surface area contributed by atoms with E-state index < -0.39 is 0 Å². The molecule has 0 bridgehead atoms. The van der Waals surface area contributed by atoms with Gasteiger partial charge in [-0.05, 0) is 48.0 Å². The van der Waals surface area contributed by atoms with Gasteiger partial charge >= 0.3 is 0 Å². The zero-order valence-electron chi connectivity index (χ0n) is 27.2. The number of nitriles is 1. The van der Waals surface area contributed by atoms with Crippen molar-refractivity contribution in [2.45, 2.75) is 0 Å². The maximum absolute atomic E-state index is 10.0. The number of rotatable bonds is 6. The molecule has 0 fully saturated rings. The van der Waals surface area contributed by atoms with Crippen molar-refractivity contribution in [1.29, 1.82) is 5.26 Å². The van der Waals surface area contributed by atoms with Gasteiger partial charge < -0.3 is 4.57 Å². The maximum Gasteiger partial charge on any atom is 0.166 e. The van der Waals surface area contributed by atoms with Gasteiger partial charge in [-0.15, -0.1) is 0 Å². The van der Waals surface area contributed by atoms with E-state index in [9.17, 15) is 5.26 Å². The van der Waals surface area contributed by atoms with E-state index in [1.165, 1.54) is 0 Å². The summed E-state index contributed by atoms with van der Waals surface area (Å²) >= 11 is 0. The highest BCUT2D eigenvalue weighted by molar-refractivity contribution is 6.10. The fraction of sp³-hybridized carbons (Fsp3) is 0. The van der Waals surface area contributed by atoms with Crippen LogP contribution in [0.15, 0.2) is 164 Å². The quantitative estimate of drug-likeness (QED) is 0.177. The first kappa shape index (κ1) is 29.8. The summed E-state index contributed by atoms with van der Waals surface area (Å²) < 4.78 is 2.22. The molecular formula is C44H27N7. The fourth-order valence-corrected chi connectivity index (χ4v) is 6.54. The summed E-state index contributed by atoms with van der Waals surface area (Å²) in [5.74, 6) is 2.24. The summed E-state index contributed by atoms with van der Waals surface area (Å²) in [5, 5.41) is 12.2. The lowest BCUT2D eigenvalue weighted by molar-refractivity contribution is 1.06. The highest BCUT2D eigenvalue weighted by Gasteiger charge is 2.20. The minimum absolute atomic E-state index is 0.476. The molecule has 51 heavy (non-hydrogen) atoms. The molecule has 0 radical (unpaired) electrons. The average Bonchev–Trinajstić information content (AvgIpc) is 3.55. The van der Waals surface area contributed by atoms with Crippen molar-refractivity contribution in [2.75, 3.05) is 0 Å². The predicted molar refractivity (Wildman–Crippen MR) is 202 cm³/mol. The smallest absolute Gasteiger partial charge is 0.166 e. The minimum atomic E-state index is 0.476. The van der Waals surface area contributed by atoms with Gasteiger partial charge in [0.25, 0.3) is 0 Å². The molecule has 0 saturated heterocycles. The topological polar surface area (TPSA) is 93.2 Å². The van der Waals surface area contributed by atoms with Gasteiger partial charge in [0.1, 0.15) is 0 Å². The molecule has 0 aliphatic carbocycles. The van der Waals surface area contributed by atoms with Crippen LogP contribution in [0.3, 0.4) is 0 Å². The first-order valence-corrected chi connectivity index (χ1v) is 16.6. The molecular weight excluding hydrogens is 627 g/mol. The molecule has 3 aromatic heterocycles. The molecule has 0 amide bonds. The number of nitrogens with zero attached hydrogens (tertiary/aromatic N) is 7. The molecule has 7 heteroatoms. The van der Waals surface area contributed by atoms with Crippen molar-refractivity contribution < 1.29 is 0 Å². The highest BCUT2D eigenvalue weighted by atomic mass is 15.1. The monoisotopic (exact) mass is 653 g/mol. The van der Waals surface area contributed by atoms with Gasteiger partial charge in [0.05, 0.1) is 28.4 Å². The Hall–Kier alpha value is -7.30. The average molecular weight is 654 g/mol. The highest BCUT2D eigenvalue weighted by Crippen LogP contribution is 2.38. The van der Waals surface area contributed by atoms with Crippen molar-refractivity contribution in [1.82, 2.24) is 29.5 Å². The van der Waals surface area contributed by atoms with Crippen LogP contribution in [0.2, 0.25) is 0 Å². The zero-order valence-corrected chi connectivity index (χ0v) is 27.2. The molecule has 0 N–H and O–H groups in total. The van der Waals surface area contributed by atoms with Crippen LogP contribution in [0.4, 0.5) is 0 Å². The van der Waals surface area contributed by atoms with Crippen LogP contribution < -0.4 is 0 Å². The molecule has 238 valence electrons. The number of aromatic nitrogens is 6. The molecule has 0 saturated carbocycles. The Morgan fingerprint density at radius 1 is 0.431 bits per heavy atom. The predicted octanol–water partition coefficient (Wildman–Crippen LogP) is 9.97. The third kappa shape index (κ3) is 5.47. The zero-order chi connectivity index (χ0) is 34.1. The van der Waals surface area contributed by atoms with Crippen molar-refractivity contribution in [2.24, 2.45) is 0 Å². The Kier molecular flexibility index (Phi) is 7.38. The Balaban J connectivity index is 1.24. The largest absolute Gasteiger partial charge is 0.308 e. The molecule has 0 aliphatic heterocycles. The summed E-state index contributed by atoms with van der Waals surface area (Å²) in [6.07, 6.45) is 3.74. The van der Waals surface area contributed by atoms with Crippen molar-refractivity contribution in [3.8, 4) is 68.4 Å². The molecule has 0 aliphatic rings. The summed E-state index contributed by atoms with van der Waals surface area (Å²) in [5.41, 5.74) is 8.79. The second kappa shape index (κ2) is 12.6. The van der Waals surface area contributed by atoms with E-state index in [2.05, 4.69) is 53.1 Å². The van der Waals surface area contributed by atoms with Crippen molar-refractivity contribution in [3.05, 3.63) is 170 Å². The third-order valence-electron chi connectivity index (χ3n) is 9.00. The Morgan fingerprint density at radius 3 is 1.65 bits per heavy atom. The number of hydrogen-bond donors (Lipinski definition) is 0. The van der Waals surface area contributed by atoms with Gasteiger partial charge in [-0.25, -0.2) is 24.9 Å². The second-order valence-electron chi connectivity index (χ2n) is 12.1. The Labute approximate surface area is 293 Å². The van der Waals surface area contributed by atoms with Gasteiger partial charge in [-0.1, -0.05) is 109 Å². The lowest BCUT2D eigenvalue weighted by atomic mass is 10.1. The SMILES string of the molecule is N#Cc1ccc(-n2c3ccccc3c3cc(-c4ncc(-c5ccccc5)cn4)ccc32)c(-c2nc(-c3ccccc3)nc(-c3ccccc3)n2)c1. The molecule has 0 unspecified atom stereocenters. The molecule has 9 aromatic rings. The van der Waals surface area contributed by atoms with E-state index in [1.54, 1.807) is 0 Å². The van der Waals surface area contributed by atoms with Crippen LogP contribution in [0, 0.1) is 11.3 Å². The number of hydrogen-bond acceptors (Lipinski definition) is 6. The van der Waals surface area contributed by atoms with Crippen LogP contribution in [-0.2, 0) is 0 Å². The van der Waals surface area contributed by atoms with Gasteiger partial charge in [0.15, 0.2) is 23.3 Å². The second-order valence-corrected chi connectivity index (χ2v) is 12.1. The lowest BCUT2D eigenvalue weighted by Gasteiger charge is -2.15. The molecule has 3 heterocycles. The van der Waals surface area contributed by atoms with Crippen LogP contribution >= 0.6 is 0 Å². The first-order chi connectivity index (χ1) is 25.2. The standard InChI is InChI=1S/C44H27N7/c45-26-29-20-22-40(37(24-29)44-49-42(31-14-6-2-7-15-31)48-43(50-44)32-16-8-3-9-17-32)51-38-19-11-10-18-35(38)36-25-33(21-23-39(36)51)41-46-27-34(28-47-41)30-12-4-1-5-13-30/h1-25,27-28H. The molecule has 7 nitrogen and oxygen atoms in total. The van der Waals surface area contributed by atoms with E-state index in [-0.39, 0.29) is 0 Å². The maximum atomic E-state index is 10.0. The summed E-state index contributed by atoms with van der Waals surface area (Å²) in [7, 11) is 0. The number of para-hydroxylation sites is 1. The fourth-order valence-electron chi connectivity index (χ4n) is 6.54. The Bertz CT molecular complexity index is 2680. The van der Waals surface area contributed by atoms with Gasteiger partial charge in [0, 0.05) is 51.0 Å². The van der Waals surface area contributed by atoms with Gasteiger partial charge in [-0.2, -0.15) is 5.26 Å². The van der Waals surface area contributed by atoms with Crippen molar-refractivity contribution in [3.63, 3.8) is 0 Å². The van der Waals surface area contributed by atoms with E-state index in [1.807, 2.05) is 122 Å². The van der Waals surface area contributed by atoms with Gasteiger partial charge in [-0.3, -0.25) is 0 Å². The molecule has 0 atom stereocenters. The summed E-state index contributed by atoms with van der Waals surface area (Å²) in [6, 6.07) is 52.6. The lowest BCUT2D eigenvalue weighted by Crippen LogP contribution is -2.04. The third-order valence-corrected chi connectivity index (χ3v) is 9.00. The van der Waals surface area contributed by atoms with E-state index in [4.69, 9.17) is 24.9 Å². The Morgan fingerprint density at radius 2 is 1.00 bits per heavy atom. The van der Waals surface area contributed by atoms with Crippen LogP contribution in [-0.4, -0.2) is 29.5 Å². The normalized spacial score (nSPS) is 11.1. The van der Waals surface area contributed by atoms with Gasteiger partial charge in [0.2, 0.25) is 0 Å². The van der Waals surface area contributed by atoms with Crippen LogP contribution in [0.25, 0.3) is 84.2 Å². The van der Waals surface area contributed by atoms with E-state index in [0.29, 0.717) is 28.9 Å². The number of benzene rings is 6. The number of fused-ring (bicyclic) bond motifs is 3. The van der Waals surface area contributed by atoms with Crippen LogP contribution in [0.5, 0.6) is 0 Å². The van der Waals surface area contributed by atoms with Crippen LogP contribution in [0.1, 0.15) is 5.56 Å². The molecule has 6 aromatic carbocycles. The molecule has 0 spiro atoms. The van der Waals surface area contributed by atoms with E-state index >= 15 is 0 Å². The van der Waals surface area contributed by atoms with E-state index in [0.717, 1.165) is 60.9 Å². The molecule has 9 rings (SSSR count). The first-order valence-electron chi connectivity index (χ1n) is 16.6. The minimum Gasteiger partial charge on any atom is -0.308 e. The summed E-state index contributed by atoms with van der Waals surface area (Å²) in [6.45, 7) is 0. The van der Waals surface area contributed by atoms with Crippen molar-refractivity contribution >= 4 is 21.8 Å². The summed E-state index contributed by atoms with van der Waals surface area (Å²) in [4.78, 5) is 24.4.